The maximum Gasteiger partial charge on any atom is 0.353 e. The summed E-state index contributed by atoms with van der Waals surface area (Å²) in [4.78, 5) is 9.47. The van der Waals surface area contributed by atoms with Crippen molar-refractivity contribution in [3.63, 3.8) is 0 Å². The van der Waals surface area contributed by atoms with Gasteiger partial charge in [-0.2, -0.15) is 8.42 Å². The van der Waals surface area contributed by atoms with Gasteiger partial charge in [0.1, 0.15) is 0 Å². The van der Waals surface area contributed by atoms with Crippen molar-refractivity contribution in [2.45, 2.75) is 0 Å². The average Bonchev–Trinajstić information content (AvgIpc) is 1.27. The smallest absolute Gasteiger partial charge is 0.349 e. The molecule has 0 saturated carbocycles. The van der Waals surface area contributed by atoms with E-state index in [9.17, 15) is 13.2 Å². The van der Waals surface area contributed by atoms with E-state index in [-0.39, 0.29) is 51.4 Å². The molecular formula is CH2KN2O3S. The Morgan fingerprint density at radius 1 is 1.50 bits per heavy atom. The van der Waals surface area contributed by atoms with Crippen molar-refractivity contribution in [3.05, 3.63) is 0 Å². The van der Waals surface area contributed by atoms with E-state index >= 15 is 0 Å². The van der Waals surface area contributed by atoms with E-state index in [1.165, 1.54) is 0 Å². The summed E-state index contributed by atoms with van der Waals surface area (Å²) in [5.74, 6) is 0. The van der Waals surface area contributed by atoms with Crippen molar-refractivity contribution in [2.75, 3.05) is 0 Å². The number of nitrogens with zero attached hydrogens (tertiary/aromatic N) is 1. The minimum Gasteiger partial charge on any atom is -0.349 e. The predicted octanol–water partition coefficient (Wildman–Crippen LogP) is -1.25. The van der Waals surface area contributed by atoms with E-state index in [1.54, 1.807) is 0 Å². The first kappa shape index (κ1) is 11.5. The topological polar surface area (TPSA) is 89.6 Å². The molecule has 0 aliphatic heterocycles. The summed E-state index contributed by atoms with van der Waals surface area (Å²) in [6.07, 6.45) is 0. The van der Waals surface area contributed by atoms with E-state index < -0.39 is 16.5 Å². The van der Waals surface area contributed by atoms with E-state index in [0.29, 0.717) is 0 Å². The Morgan fingerprint density at radius 2 is 1.88 bits per heavy atom. The number of nitrogens with two attached hydrogens (primary N) is 1. The molecule has 7 heteroatoms. The second-order valence-corrected chi connectivity index (χ2v) is 1.26. The summed E-state index contributed by atoms with van der Waals surface area (Å²) in [5, 5.41) is 0. The van der Waals surface area contributed by atoms with Crippen molar-refractivity contribution in [1.29, 1.82) is 0 Å². The molecule has 5 nitrogen and oxygen atoms in total. The van der Waals surface area contributed by atoms with Crippen LogP contribution in [0.15, 0.2) is 4.36 Å². The number of carbonyl (C=O) groups is 1. The average molecular weight is 161 g/mol. The van der Waals surface area contributed by atoms with E-state index in [2.05, 4.69) is 10.1 Å². The quantitative estimate of drug-likeness (QED) is 0.450. The molecule has 2 N–H and O–H groups in total. The SMILES string of the molecule is NC(=O)N=S(=O)=O.[K]. The van der Waals surface area contributed by atoms with Crippen molar-refractivity contribution in [1.82, 2.24) is 0 Å². The largest absolute Gasteiger partial charge is 0.353 e. The molecular weight excluding hydrogens is 159 g/mol. The van der Waals surface area contributed by atoms with Crippen LogP contribution in [0.2, 0.25) is 0 Å². The van der Waals surface area contributed by atoms with Crippen LogP contribution < -0.4 is 5.73 Å². The molecule has 0 spiro atoms. The fourth-order valence-corrected chi connectivity index (χ4v) is 0.220. The number of rotatable bonds is 0. The molecule has 0 rings (SSSR count). The van der Waals surface area contributed by atoms with Crippen LogP contribution in [0.4, 0.5) is 4.79 Å². The summed E-state index contributed by atoms with van der Waals surface area (Å²) in [6, 6.07) is -1.20. The number of hydrogen-bond donors (Lipinski definition) is 1. The first-order valence-electron chi connectivity index (χ1n) is 1.23. The van der Waals surface area contributed by atoms with Gasteiger partial charge in [-0.1, -0.05) is 4.36 Å². The fraction of sp³-hybridized carbons (Fsp3) is 0. The summed E-state index contributed by atoms with van der Waals surface area (Å²) in [5.41, 5.74) is 4.29. The Labute approximate surface area is 89.8 Å². The first-order valence-corrected chi connectivity index (χ1v) is 2.26. The van der Waals surface area contributed by atoms with Crippen LogP contribution in [0.5, 0.6) is 0 Å². The minimum absolute atomic E-state index is 0. The van der Waals surface area contributed by atoms with Gasteiger partial charge in [0.15, 0.2) is 0 Å². The van der Waals surface area contributed by atoms with Gasteiger partial charge in [-0.25, -0.2) is 4.79 Å². The van der Waals surface area contributed by atoms with E-state index in [4.69, 9.17) is 0 Å². The van der Waals surface area contributed by atoms with E-state index in [0.717, 1.165) is 0 Å². The van der Waals surface area contributed by atoms with E-state index in [1.807, 2.05) is 0 Å². The number of urea groups is 1. The summed E-state index contributed by atoms with van der Waals surface area (Å²) in [7, 11) is -2.70. The third-order valence-corrected chi connectivity index (χ3v) is 0.494. The normalized spacial score (nSPS) is 6.50. The zero-order chi connectivity index (χ0) is 5.86. The molecule has 1 radical (unpaired) electrons. The zero-order valence-electron chi connectivity index (χ0n) is 4.16. The Bertz CT molecular complexity index is 185. The summed E-state index contributed by atoms with van der Waals surface area (Å²) < 4.78 is 21.0. The van der Waals surface area contributed by atoms with Gasteiger partial charge < -0.3 is 5.73 Å². The Balaban J connectivity index is 0. The summed E-state index contributed by atoms with van der Waals surface area (Å²) >= 11 is 0. The maximum absolute atomic E-state index is 9.47. The molecule has 41 valence electrons. The van der Waals surface area contributed by atoms with Crippen LogP contribution in [-0.2, 0) is 10.5 Å². The van der Waals surface area contributed by atoms with Crippen LogP contribution in [0, 0.1) is 0 Å². The van der Waals surface area contributed by atoms with Crippen LogP contribution in [-0.4, -0.2) is 65.8 Å². The molecule has 0 heterocycles. The van der Waals surface area contributed by atoms with Crippen LogP contribution in [0.1, 0.15) is 0 Å². The molecule has 0 aliphatic rings. The molecule has 0 aromatic carbocycles. The molecule has 0 atom stereocenters. The molecule has 0 saturated heterocycles. The Hall–Kier alpha value is 0.726. The van der Waals surface area contributed by atoms with Crippen LogP contribution in [0.3, 0.4) is 0 Å². The van der Waals surface area contributed by atoms with Crippen molar-refractivity contribution >= 4 is 67.9 Å². The van der Waals surface area contributed by atoms with Gasteiger partial charge in [-0.15, -0.1) is 0 Å². The predicted molar refractivity (Wildman–Crippen MR) is 26.7 cm³/mol. The molecule has 0 aromatic heterocycles. The van der Waals surface area contributed by atoms with Gasteiger partial charge in [0, 0.05) is 51.4 Å². The third kappa shape index (κ3) is 9.87. The Kier molecular flexibility index (Phi) is 8.43. The van der Waals surface area contributed by atoms with Gasteiger partial charge in [-0.05, 0) is 0 Å². The monoisotopic (exact) mass is 161 g/mol. The van der Waals surface area contributed by atoms with Crippen LogP contribution >= 0.6 is 0 Å². The van der Waals surface area contributed by atoms with Gasteiger partial charge >= 0.3 is 16.5 Å². The number of primary amides is 1. The molecule has 0 aliphatic carbocycles. The Morgan fingerprint density at radius 3 is 1.88 bits per heavy atom. The van der Waals surface area contributed by atoms with Crippen molar-refractivity contribution < 1.29 is 13.2 Å². The van der Waals surface area contributed by atoms with Gasteiger partial charge in [0.25, 0.3) is 0 Å². The maximum atomic E-state index is 9.47. The first-order chi connectivity index (χ1) is 3.13. The number of amides is 2. The van der Waals surface area contributed by atoms with Crippen molar-refractivity contribution in [3.8, 4) is 0 Å². The van der Waals surface area contributed by atoms with Crippen LogP contribution in [0.25, 0.3) is 0 Å². The molecule has 8 heavy (non-hydrogen) atoms. The standard InChI is InChI=1S/CH2N2O3S.K/c2-1(4)3-7(5)6;/h(H2,2,4);. The van der Waals surface area contributed by atoms with Crippen molar-refractivity contribution in [2.24, 2.45) is 10.1 Å². The van der Waals surface area contributed by atoms with Gasteiger partial charge in [0.2, 0.25) is 0 Å². The number of hydrogen-bond acceptors (Lipinski definition) is 3. The zero-order valence-corrected chi connectivity index (χ0v) is 8.10. The van der Waals surface area contributed by atoms with Gasteiger partial charge in [-0.3, -0.25) is 0 Å². The second kappa shape index (κ2) is 5.86. The molecule has 2 amide bonds. The molecule has 0 bridgehead atoms. The molecule has 0 unspecified atom stereocenters. The third-order valence-electron chi connectivity index (χ3n) is 0.165. The molecule has 0 fully saturated rings. The number of carbonyl (C=O) groups excluding carboxylic acids is 1. The second-order valence-electron chi connectivity index (χ2n) is 0.647. The molecule has 0 aromatic rings. The summed E-state index contributed by atoms with van der Waals surface area (Å²) in [6.45, 7) is 0. The fourth-order valence-electron chi connectivity index (χ4n) is 0.0735. The minimum atomic E-state index is -2.70. The van der Waals surface area contributed by atoms with Gasteiger partial charge in [0.05, 0.1) is 0 Å².